The quantitative estimate of drug-likeness (QED) is 0.807. The lowest BCUT2D eigenvalue weighted by Gasteiger charge is -2.29. The van der Waals surface area contributed by atoms with E-state index in [1.54, 1.807) is 54.6 Å². The van der Waals surface area contributed by atoms with Crippen LogP contribution in [0.1, 0.15) is 28.9 Å². The molecule has 2 aromatic carbocycles. The summed E-state index contributed by atoms with van der Waals surface area (Å²) in [6.07, 6.45) is 1.45. The summed E-state index contributed by atoms with van der Waals surface area (Å²) in [5.41, 5.74) is 1.46. The zero-order chi connectivity index (χ0) is 19.6. The Kier molecular flexibility index (Phi) is 5.14. The van der Waals surface area contributed by atoms with Gasteiger partial charge in [0.15, 0.2) is 0 Å². The van der Waals surface area contributed by atoms with Gasteiger partial charge in [0.05, 0.1) is 0 Å². The van der Waals surface area contributed by atoms with Crippen LogP contribution in [0.2, 0.25) is 0 Å². The van der Waals surface area contributed by atoms with E-state index < -0.39 is 32.3 Å². The Bertz CT molecular complexity index is 1010. The van der Waals surface area contributed by atoms with Gasteiger partial charge in [-0.3, -0.25) is 0 Å². The van der Waals surface area contributed by atoms with Crippen molar-refractivity contribution in [1.29, 1.82) is 0 Å². The Morgan fingerprint density at radius 3 is 2.33 bits per heavy atom. The predicted molar refractivity (Wildman–Crippen MR) is 99.5 cm³/mol. The highest BCUT2D eigenvalue weighted by Crippen LogP contribution is 2.42. The fourth-order valence-electron chi connectivity index (χ4n) is 3.23. The zero-order valence-electron chi connectivity index (χ0n) is 14.5. The Balaban J connectivity index is 1.94. The number of carboxylic acid groups (broad SMARTS) is 1. The number of benzene rings is 2. The average Bonchev–Trinajstić information content (AvgIpc) is 2.65. The number of aliphatic carboxylic acids is 1. The summed E-state index contributed by atoms with van der Waals surface area (Å²) in [7, 11) is -4.43. The normalized spacial score (nSPS) is 18.9. The predicted octanol–water partition coefficient (Wildman–Crippen LogP) is 3.60. The van der Waals surface area contributed by atoms with Gasteiger partial charge < -0.3 is 9.84 Å². The lowest BCUT2D eigenvalue weighted by molar-refractivity contribution is -0.133. The molecule has 0 fully saturated rings. The maximum atomic E-state index is 13.0. The van der Waals surface area contributed by atoms with Crippen molar-refractivity contribution < 1.29 is 27.9 Å². The van der Waals surface area contributed by atoms with E-state index in [2.05, 4.69) is 0 Å². The lowest BCUT2D eigenvalue weighted by atomic mass is 9.84. The van der Waals surface area contributed by atoms with Gasteiger partial charge in [0.25, 0.3) is 9.84 Å². The van der Waals surface area contributed by atoms with Gasteiger partial charge in [-0.2, -0.15) is 0 Å². The van der Waals surface area contributed by atoms with Crippen molar-refractivity contribution >= 4 is 27.2 Å². The number of ether oxygens (including phenoxy) is 1. The van der Waals surface area contributed by atoms with E-state index in [1.807, 2.05) is 0 Å². The molecule has 0 spiro atoms. The minimum absolute atomic E-state index is 0.0573. The number of carbonyl (C=O) groups is 2. The highest BCUT2D eigenvalue weighted by atomic mass is 32.2. The van der Waals surface area contributed by atoms with E-state index >= 15 is 0 Å². The summed E-state index contributed by atoms with van der Waals surface area (Å²) in [6.45, 7) is 1.31. The molecule has 7 heteroatoms. The minimum Gasteiger partial charge on any atom is -0.478 e. The summed E-state index contributed by atoms with van der Waals surface area (Å²) >= 11 is 0. The third-order valence-electron chi connectivity index (χ3n) is 4.57. The number of hydrogen-bond donors (Lipinski definition) is 1. The first-order chi connectivity index (χ1) is 12.8. The lowest BCUT2D eigenvalue weighted by Crippen LogP contribution is -2.32. The number of sulfone groups is 1. The van der Waals surface area contributed by atoms with Crippen LogP contribution in [0.25, 0.3) is 6.08 Å². The van der Waals surface area contributed by atoms with Gasteiger partial charge in [0.2, 0.25) is 0 Å². The van der Waals surface area contributed by atoms with Gasteiger partial charge in [-0.05, 0) is 22.8 Å². The first kappa shape index (κ1) is 18.8. The van der Waals surface area contributed by atoms with Crippen LogP contribution in [0.3, 0.4) is 0 Å². The van der Waals surface area contributed by atoms with Gasteiger partial charge in [0, 0.05) is 11.5 Å². The first-order valence-electron chi connectivity index (χ1n) is 8.30. The Hall–Kier alpha value is -2.93. The SMILES string of the molecule is C[C@@H]1C(C(=O)O)=Cc2ccccc2C1S(=O)(=O)C(=O)OCc1ccccc1. The highest BCUT2D eigenvalue weighted by Gasteiger charge is 2.44. The van der Waals surface area contributed by atoms with Crippen molar-refractivity contribution in [2.75, 3.05) is 0 Å². The number of rotatable bonds is 4. The zero-order valence-corrected chi connectivity index (χ0v) is 15.3. The number of hydrogen-bond acceptors (Lipinski definition) is 5. The molecule has 0 amide bonds. The van der Waals surface area contributed by atoms with Crippen LogP contribution in [-0.2, 0) is 26.0 Å². The second-order valence-corrected chi connectivity index (χ2v) is 8.24. The second-order valence-electron chi connectivity index (χ2n) is 6.31. The molecule has 0 heterocycles. The summed E-state index contributed by atoms with van der Waals surface area (Å²) in [5, 5.41) is 6.76. The van der Waals surface area contributed by atoms with Gasteiger partial charge in [-0.25, -0.2) is 18.0 Å². The molecule has 27 heavy (non-hydrogen) atoms. The summed E-state index contributed by atoms with van der Waals surface area (Å²) in [5.74, 6) is -2.11. The Labute approximate surface area is 157 Å². The van der Waals surface area contributed by atoms with E-state index in [1.165, 1.54) is 13.0 Å². The molecule has 2 atom stereocenters. The van der Waals surface area contributed by atoms with E-state index in [4.69, 9.17) is 4.74 Å². The van der Waals surface area contributed by atoms with Gasteiger partial charge in [0.1, 0.15) is 11.9 Å². The third kappa shape index (κ3) is 3.64. The molecule has 0 radical (unpaired) electrons. The van der Waals surface area contributed by atoms with Crippen LogP contribution < -0.4 is 0 Å². The maximum absolute atomic E-state index is 13.0. The van der Waals surface area contributed by atoms with E-state index in [9.17, 15) is 23.1 Å². The van der Waals surface area contributed by atoms with Crippen LogP contribution in [0.15, 0.2) is 60.2 Å². The summed E-state index contributed by atoms with van der Waals surface area (Å²) in [4.78, 5) is 23.9. The van der Waals surface area contributed by atoms with Gasteiger partial charge in [-0.1, -0.05) is 61.5 Å². The molecule has 0 aromatic heterocycles. The number of carboxylic acids is 1. The molecule has 3 rings (SSSR count). The molecule has 0 saturated carbocycles. The molecule has 1 aliphatic rings. The molecule has 6 nitrogen and oxygen atoms in total. The molecule has 140 valence electrons. The molecule has 1 unspecified atom stereocenters. The fraction of sp³-hybridized carbons (Fsp3) is 0.200. The van der Waals surface area contributed by atoms with Crippen LogP contribution in [0, 0.1) is 5.92 Å². The average molecular weight is 386 g/mol. The smallest absolute Gasteiger partial charge is 0.425 e. The van der Waals surface area contributed by atoms with Crippen molar-refractivity contribution in [2.45, 2.75) is 18.8 Å². The van der Waals surface area contributed by atoms with Crippen LogP contribution in [0.5, 0.6) is 0 Å². The largest absolute Gasteiger partial charge is 0.478 e. The topological polar surface area (TPSA) is 97.7 Å². The standard InChI is InChI=1S/C20H18O6S/c1-13-17(19(21)22)11-15-9-5-6-10-16(15)18(13)27(24,25)20(23)26-12-14-7-3-2-4-8-14/h2-11,13,18H,12H2,1H3,(H,21,22)/t13-,18?/m1/s1. The monoisotopic (exact) mass is 386 g/mol. The van der Waals surface area contributed by atoms with Crippen molar-refractivity contribution in [3.8, 4) is 0 Å². The molecule has 0 saturated heterocycles. The highest BCUT2D eigenvalue weighted by molar-refractivity contribution is 8.05. The van der Waals surface area contributed by atoms with Gasteiger partial charge in [-0.15, -0.1) is 0 Å². The third-order valence-corrected chi connectivity index (χ3v) is 6.48. The second kappa shape index (κ2) is 7.36. The molecule has 2 aromatic rings. The molecule has 0 aliphatic heterocycles. The van der Waals surface area contributed by atoms with Crippen LogP contribution in [-0.4, -0.2) is 24.8 Å². The van der Waals surface area contributed by atoms with Crippen molar-refractivity contribution in [1.82, 2.24) is 0 Å². The summed E-state index contributed by atoms with van der Waals surface area (Å²) in [6, 6.07) is 15.3. The van der Waals surface area contributed by atoms with Gasteiger partial charge >= 0.3 is 11.3 Å². The van der Waals surface area contributed by atoms with Crippen molar-refractivity contribution in [2.24, 2.45) is 5.92 Å². The van der Waals surface area contributed by atoms with Crippen LogP contribution >= 0.6 is 0 Å². The minimum atomic E-state index is -4.43. The molecular formula is C20H18O6S. The molecule has 1 N–H and O–H groups in total. The number of carbonyl (C=O) groups excluding carboxylic acids is 1. The molecule has 0 bridgehead atoms. The molecular weight excluding hydrogens is 368 g/mol. The molecule has 1 aliphatic carbocycles. The fourth-order valence-corrected chi connectivity index (χ4v) is 4.89. The first-order valence-corrected chi connectivity index (χ1v) is 9.85. The van der Waals surface area contributed by atoms with E-state index in [-0.39, 0.29) is 12.2 Å². The van der Waals surface area contributed by atoms with Crippen molar-refractivity contribution in [3.63, 3.8) is 0 Å². The van der Waals surface area contributed by atoms with Crippen molar-refractivity contribution in [3.05, 3.63) is 76.9 Å². The van der Waals surface area contributed by atoms with E-state index in [0.29, 0.717) is 16.7 Å². The van der Waals surface area contributed by atoms with E-state index in [0.717, 1.165) is 0 Å². The Morgan fingerprint density at radius 2 is 1.67 bits per heavy atom. The Morgan fingerprint density at radius 1 is 1.04 bits per heavy atom. The number of fused-ring (bicyclic) bond motifs is 1. The maximum Gasteiger partial charge on any atom is 0.425 e. The summed E-state index contributed by atoms with van der Waals surface area (Å²) < 4.78 is 30.9. The van der Waals surface area contributed by atoms with Crippen LogP contribution in [0.4, 0.5) is 4.79 Å².